The van der Waals surface area contributed by atoms with Gasteiger partial charge in [-0.05, 0) is 18.1 Å². The van der Waals surface area contributed by atoms with Gasteiger partial charge in [0.05, 0.1) is 11.3 Å². The molecule has 3 heteroatoms. The number of ketones is 1. The van der Waals surface area contributed by atoms with Crippen LogP contribution in [0.25, 0.3) is 0 Å². The zero-order valence-electron chi connectivity index (χ0n) is 10.9. The van der Waals surface area contributed by atoms with Gasteiger partial charge in [-0.3, -0.25) is 4.79 Å². The fourth-order valence-corrected chi connectivity index (χ4v) is 1.54. The van der Waals surface area contributed by atoms with Crippen molar-refractivity contribution in [1.29, 1.82) is 5.41 Å². The van der Waals surface area contributed by atoms with E-state index in [-0.39, 0.29) is 17.6 Å². The number of nitrogens with one attached hydrogen (secondary N) is 2. The van der Waals surface area contributed by atoms with Crippen LogP contribution < -0.4 is 5.32 Å². The molecule has 0 atom stereocenters. The van der Waals surface area contributed by atoms with Crippen molar-refractivity contribution in [3.8, 4) is 0 Å². The van der Waals surface area contributed by atoms with Crippen LogP contribution in [0.5, 0.6) is 0 Å². The van der Waals surface area contributed by atoms with Crippen LogP contribution in [-0.2, 0) is 4.79 Å². The SMILES string of the molecule is CC(C)C(=N)/C(C(=O)C(C)C)=C1/C=CC=CN1. The van der Waals surface area contributed by atoms with Crippen molar-refractivity contribution in [2.24, 2.45) is 11.8 Å². The van der Waals surface area contributed by atoms with Gasteiger partial charge in [0, 0.05) is 17.8 Å². The molecule has 1 heterocycles. The Bertz CT molecular complexity index is 390. The van der Waals surface area contributed by atoms with E-state index in [0.717, 1.165) is 5.70 Å². The first-order valence-electron chi connectivity index (χ1n) is 5.92. The van der Waals surface area contributed by atoms with E-state index in [0.29, 0.717) is 11.3 Å². The van der Waals surface area contributed by atoms with E-state index in [1.165, 1.54) is 0 Å². The highest BCUT2D eigenvalue weighted by Gasteiger charge is 2.23. The van der Waals surface area contributed by atoms with Crippen LogP contribution in [0.4, 0.5) is 0 Å². The van der Waals surface area contributed by atoms with E-state index < -0.39 is 0 Å². The fraction of sp³-hybridized carbons (Fsp3) is 0.429. The molecular formula is C14H20N2O. The van der Waals surface area contributed by atoms with Crippen LogP contribution in [-0.4, -0.2) is 11.5 Å². The van der Waals surface area contributed by atoms with E-state index in [2.05, 4.69) is 5.32 Å². The molecule has 3 nitrogen and oxygen atoms in total. The summed E-state index contributed by atoms with van der Waals surface area (Å²) in [7, 11) is 0. The van der Waals surface area contributed by atoms with E-state index in [9.17, 15) is 4.79 Å². The largest absolute Gasteiger partial charge is 0.361 e. The molecule has 0 aromatic carbocycles. The molecule has 1 rings (SSSR count). The second-order valence-corrected chi connectivity index (χ2v) is 4.74. The summed E-state index contributed by atoms with van der Waals surface area (Å²) in [5.41, 5.74) is 1.63. The van der Waals surface area contributed by atoms with Gasteiger partial charge in [-0.15, -0.1) is 0 Å². The molecule has 0 saturated heterocycles. The Labute approximate surface area is 103 Å². The van der Waals surface area contributed by atoms with Crippen molar-refractivity contribution in [3.05, 3.63) is 35.7 Å². The zero-order chi connectivity index (χ0) is 13.0. The van der Waals surface area contributed by atoms with Gasteiger partial charge >= 0.3 is 0 Å². The second-order valence-electron chi connectivity index (χ2n) is 4.74. The number of hydrogen-bond acceptors (Lipinski definition) is 3. The summed E-state index contributed by atoms with van der Waals surface area (Å²) in [6.45, 7) is 7.58. The Hall–Kier alpha value is -1.64. The number of allylic oxidation sites excluding steroid dienone is 4. The molecule has 0 fully saturated rings. The van der Waals surface area contributed by atoms with Crippen LogP contribution >= 0.6 is 0 Å². The lowest BCUT2D eigenvalue weighted by atomic mass is 9.89. The summed E-state index contributed by atoms with van der Waals surface area (Å²) in [5, 5.41) is 11.1. The molecule has 92 valence electrons. The van der Waals surface area contributed by atoms with Crippen LogP contribution in [0.2, 0.25) is 0 Å². The molecule has 1 aliphatic rings. The predicted molar refractivity (Wildman–Crippen MR) is 70.9 cm³/mol. The normalized spacial score (nSPS) is 17.3. The van der Waals surface area contributed by atoms with Crippen LogP contribution in [0.15, 0.2) is 35.7 Å². The minimum Gasteiger partial charge on any atom is -0.361 e. The monoisotopic (exact) mass is 232 g/mol. The molecule has 0 aromatic rings. The van der Waals surface area contributed by atoms with Crippen molar-refractivity contribution in [3.63, 3.8) is 0 Å². The van der Waals surface area contributed by atoms with Crippen LogP contribution in [0.3, 0.4) is 0 Å². The van der Waals surface area contributed by atoms with E-state index in [4.69, 9.17) is 5.41 Å². The highest BCUT2D eigenvalue weighted by molar-refractivity contribution is 6.23. The molecule has 0 saturated carbocycles. The Morgan fingerprint density at radius 1 is 1.18 bits per heavy atom. The fourth-order valence-electron chi connectivity index (χ4n) is 1.54. The van der Waals surface area contributed by atoms with Crippen molar-refractivity contribution < 1.29 is 4.79 Å². The number of rotatable bonds is 4. The van der Waals surface area contributed by atoms with Crippen molar-refractivity contribution in [1.82, 2.24) is 5.32 Å². The van der Waals surface area contributed by atoms with Crippen LogP contribution in [0.1, 0.15) is 27.7 Å². The Morgan fingerprint density at radius 3 is 2.24 bits per heavy atom. The lowest BCUT2D eigenvalue weighted by Gasteiger charge is -2.18. The van der Waals surface area contributed by atoms with Crippen molar-refractivity contribution in [2.75, 3.05) is 0 Å². The molecule has 0 aliphatic carbocycles. The minimum absolute atomic E-state index is 0.0196. The Kier molecular flexibility index (Phi) is 4.44. The van der Waals surface area contributed by atoms with E-state index in [1.54, 1.807) is 6.20 Å². The number of Topliss-reactive ketones (excluding diaryl/α,β-unsaturated/α-hetero) is 1. The topological polar surface area (TPSA) is 53.0 Å². The first-order chi connectivity index (χ1) is 7.95. The number of hydrogen-bond donors (Lipinski definition) is 2. The van der Waals surface area contributed by atoms with Crippen LogP contribution in [0, 0.1) is 17.2 Å². The van der Waals surface area contributed by atoms with Gasteiger partial charge in [-0.1, -0.05) is 33.8 Å². The number of carbonyl (C=O) groups excluding carboxylic acids is 1. The van der Waals surface area contributed by atoms with Gasteiger partial charge in [0.25, 0.3) is 0 Å². The maximum Gasteiger partial charge on any atom is 0.169 e. The zero-order valence-corrected chi connectivity index (χ0v) is 10.9. The Balaban J connectivity index is 3.20. The second kappa shape index (κ2) is 5.62. The Morgan fingerprint density at radius 2 is 1.82 bits per heavy atom. The highest BCUT2D eigenvalue weighted by atomic mass is 16.1. The molecule has 0 unspecified atom stereocenters. The smallest absolute Gasteiger partial charge is 0.169 e. The maximum absolute atomic E-state index is 12.2. The summed E-state index contributed by atoms with van der Waals surface area (Å²) < 4.78 is 0. The summed E-state index contributed by atoms with van der Waals surface area (Å²) in [4.78, 5) is 12.2. The van der Waals surface area contributed by atoms with Gasteiger partial charge < -0.3 is 10.7 Å². The third kappa shape index (κ3) is 3.16. The van der Waals surface area contributed by atoms with Gasteiger partial charge in [-0.25, -0.2) is 0 Å². The predicted octanol–water partition coefficient (Wildman–Crippen LogP) is 2.81. The van der Waals surface area contributed by atoms with Gasteiger partial charge in [0.1, 0.15) is 0 Å². The molecule has 1 aliphatic heterocycles. The molecule has 0 spiro atoms. The quantitative estimate of drug-likeness (QED) is 0.578. The molecule has 0 amide bonds. The average Bonchev–Trinajstić information content (AvgIpc) is 2.30. The average molecular weight is 232 g/mol. The first kappa shape index (κ1) is 13.4. The third-order valence-corrected chi connectivity index (χ3v) is 2.60. The first-order valence-corrected chi connectivity index (χ1v) is 5.92. The van der Waals surface area contributed by atoms with Crippen molar-refractivity contribution >= 4 is 11.5 Å². The van der Waals surface area contributed by atoms with Gasteiger partial charge in [0.15, 0.2) is 5.78 Å². The molecule has 0 aromatic heterocycles. The lowest BCUT2D eigenvalue weighted by Crippen LogP contribution is -2.26. The standard InChI is InChI=1S/C14H20N2O/c1-9(2)13(15)12(14(17)10(3)4)11-7-5-6-8-16-11/h5-10,15-16H,1-4H3/b12-11+,15-13?. The maximum atomic E-state index is 12.2. The summed E-state index contributed by atoms with van der Waals surface area (Å²) >= 11 is 0. The summed E-state index contributed by atoms with van der Waals surface area (Å²) in [6, 6.07) is 0. The molecule has 17 heavy (non-hydrogen) atoms. The molecule has 2 N–H and O–H groups in total. The van der Waals surface area contributed by atoms with E-state index in [1.807, 2.05) is 45.9 Å². The third-order valence-electron chi connectivity index (χ3n) is 2.60. The molecule has 0 bridgehead atoms. The molecular weight excluding hydrogens is 212 g/mol. The number of dihydropyridines is 1. The summed E-state index contributed by atoms with van der Waals surface area (Å²) in [6.07, 6.45) is 7.34. The van der Waals surface area contributed by atoms with Gasteiger partial charge in [-0.2, -0.15) is 0 Å². The lowest BCUT2D eigenvalue weighted by molar-refractivity contribution is -0.117. The summed E-state index contributed by atoms with van der Waals surface area (Å²) in [5.74, 6) is -0.0369. The minimum atomic E-state index is -0.0993. The number of carbonyl (C=O) groups is 1. The van der Waals surface area contributed by atoms with E-state index >= 15 is 0 Å². The highest BCUT2D eigenvalue weighted by Crippen LogP contribution is 2.18. The van der Waals surface area contributed by atoms with Crippen molar-refractivity contribution in [2.45, 2.75) is 27.7 Å². The molecule has 0 radical (unpaired) electrons. The van der Waals surface area contributed by atoms with Gasteiger partial charge in [0.2, 0.25) is 0 Å².